The molecule has 0 fully saturated rings. The highest BCUT2D eigenvalue weighted by atomic mass is 16.5. The highest BCUT2D eigenvalue weighted by molar-refractivity contribution is 6.00. The zero-order valence-corrected chi connectivity index (χ0v) is 14.6. The minimum atomic E-state index is -0.189. The van der Waals surface area contributed by atoms with E-state index in [-0.39, 0.29) is 30.1 Å². The van der Waals surface area contributed by atoms with Crippen molar-refractivity contribution < 1.29 is 19.1 Å². The Bertz CT molecular complexity index is 599. The summed E-state index contributed by atoms with van der Waals surface area (Å²) in [7, 11) is 1.53. The topological polar surface area (TPSA) is 96.5 Å². The molecule has 1 aromatic carbocycles. The Balaban J connectivity index is 2.73. The molecule has 0 aliphatic heterocycles. The first-order chi connectivity index (χ1) is 11.3. The maximum Gasteiger partial charge on any atom is 0.226 e. The van der Waals surface area contributed by atoms with Gasteiger partial charge in [0, 0.05) is 31.9 Å². The largest absolute Gasteiger partial charge is 0.497 e. The molecule has 0 saturated carbocycles. The molecule has 0 saturated heterocycles. The van der Waals surface area contributed by atoms with Crippen LogP contribution < -0.4 is 20.7 Å². The fourth-order valence-corrected chi connectivity index (χ4v) is 1.87. The van der Waals surface area contributed by atoms with Gasteiger partial charge in [-0.25, -0.2) is 0 Å². The number of benzene rings is 1. The van der Waals surface area contributed by atoms with Gasteiger partial charge in [0.1, 0.15) is 5.75 Å². The number of methoxy groups -OCH3 is 1. The average molecular weight is 335 g/mol. The monoisotopic (exact) mass is 335 g/mol. The molecule has 0 unspecified atom stereocenters. The molecule has 7 nitrogen and oxygen atoms in total. The molecule has 1 rings (SSSR count). The van der Waals surface area contributed by atoms with Crippen molar-refractivity contribution >= 4 is 29.1 Å². The molecule has 0 heterocycles. The molecule has 0 bridgehead atoms. The third-order valence-corrected chi connectivity index (χ3v) is 3.24. The van der Waals surface area contributed by atoms with Gasteiger partial charge >= 0.3 is 0 Å². The lowest BCUT2D eigenvalue weighted by Crippen LogP contribution is -2.23. The number of hydrogen-bond acceptors (Lipinski definition) is 4. The fraction of sp³-hybridized carbons (Fsp3) is 0.471. The van der Waals surface area contributed by atoms with Crippen LogP contribution in [0.4, 0.5) is 11.4 Å². The van der Waals surface area contributed by atoms with Crippen molar-refractivity contribution in [2.45, 2.75) is 33.6 Å². The number of hydrogen-bond donors (Lipinski definition) is 3. The molecule has 0 aliphatic rings. The van der Waals surface area contributed by atoms with Gasteiger partial charge in [0.15, 0.2) is 0 Å². The van der Waals surface area contributed by atoms with Crippen molar-refractivity contribution in [2.24, 2.45) is 5.92 Å². The van der Waals surface area contributed by atoms with Crippen molar-refractivity contribution in [1.29, 1.82) is 0 Å². The summed E-state index contributed by atoms with van der Waals surface area (Å²) in [6.45, 7) is 5.45. The van der Waals surface area contributed by atoms with E-state index in [9.17, 15) is 14.4 Å². The normalized spacial score (nSPS) is 10.2. The first kappa shape index (κ1) is 19.5. The number of amides is 3. The second kappa shape index (κ2) is 9.54. The molecule has 1 aromatic rings. The van der Waals surface area contributed by atoms with Gasteiger partial charge in [-0.2, -0.15) is 0 Å². The lowest BCUT2D eigenvalue weighted by Gasteiger charge is -2.15. The van der Waals surface area contributed by atoms with Crippen molar-refractivity contribution in [2.75, 3.05) is 24.3 Å². The molecule has 0 aliphatic carbocycles. The van der Waals surface area contributed by atoms with Crippen LogP contribution in [0.25, 0.3) is 0 Å². The second-order valence-corrected chi connectivity index (χ2v) is 5.69. The van der Waals surface area contributed by atoms with Crippen LogP contribution in [0.1, 0.15) is 33.6 Å². The number of rotatable bonds is 8. The summed E-state index contributed by atoms with van der Waals surface area (Å²) >= 11 is 0. The third kappa shape index (κ3) is 6.68. The summed E-state index contributed by atoms with van der Waals surface area (Å²) in [5.41, 5.74) is 0.998. The van der Waals surface area contributed by atoms with E-state index < -0.39 is 0 Å². The minimum absolute atomic E-state index is 0.121. The Morgan fingerprint density at radius 2 is 1.83 bits per heavy atom. The summed E-state index contributed by atoms with van der Waals surface area (Å²) in [6.07, 6.45) is 0.805. The van der Waals surface area contributed by atoms with Crippen LogP contribution >= 0.6 is 0 Å². The Labute approximate surface area is 142 Å². The van der Waals surface area contributed by atoms with Crippen LogP contribution in [0, 0.1) is 5.92 Å². The van der Waals surface area contributed by atoms with E-state index in [2.05, 4.69) is 16.0 Å². The number of nitrogens with one attached hydrogen (secondary N) is 3. The van der Waals surface area contributed by atoms with E-state index in [1.165, 1.54) is 14.0 Å². The average Bonchev–Trinajstić information content (AvgIpc) is 2.52. The van der Waals surface area contributed by atoms with Gasteiger partial charge < -0.3 is 20.7 Å². The van der Waals surface area contributed by atoms with Crippen LogP contribution in [-0.2, 0) is 14.4 Å². The minimum Gasteiger partial charge on any atom is -0.497 e. The summed E-state index contributed by atoms with van der Waals surface area (Å²) < 4.78 is 5.15. The van der Waals surface area contributed by atoms with Crippen LogP contribution in [0.15, 0.2) is 18.2 Å². The molecule has 0 atom stereocenters. The van der Waals surface area contributed by atoms with Gasteiger partial charge in [-0.1, -0.05) is 13.8 Å². The van der Waals surface area contributed by atoms with Gasteiger partial charge in [-0.15, -0.1) is 0 Å². The zero-order valence-electron chi connectivity index (χ0n) is 14.6. The Hall–Kier alpha value is -2.57. The summed E-state index contributed by atoms with van der Waals surface area (Å²) in [5, 5.41) is 8.19. The molecule has 0 aromatic heterocycles. The first-order valence-electron chi connectivity index (χ1n) is 7.86. The van der Waals surface area contributed by atoms with Gasteiger partial charge in [-0.3, -0.25) is 14.4 Å². The predicted molar refractivity (Wildman–Crippen MR) is 93.0 cm³/mol. The van der Waals surface area contributed by atoms with Crippen LogP contribution in [0.5, 0.6) is 5.75 Å². The second-order valence-electron chi connectivity index (χ2n) is 5.69. The van der Waals surface area contributed by atoms with Crippen molar-refractivity contribution in [3.63, 3.8) is 0 Å². The molecule has 0 spiro atoms. The van der Waals surface area contributed by atoms with E-state index in [0.717, 1.165) is 0 Å². The van der Waals surface area contributed by atoms with E-state index in [4.69, 9.17) is 4.74 Å². The highest BCUT2D eigenvalue weighted by Gasteiger charge is 2.13. The van der Waals surface area contributed by atoms with E-state index >= 15 is 0 Å². The smallest absolute Gasteiger partial charge is 0.226 e. The maximum atomic E-state index is 12.0. The summed E-state index contributed by atoms with van der Waals surface area (Å²) in [5.74, 6) is -0.0608. The molecular weight excluding hydrogens is 310 g/mol. The lowest BCUT2D eigenvalue weighted by atomic mass is 10.2. The molecule has 3 N–H and O–H groups in total. The van der Waals surface area contributed by atoms with Crippen molar-refractivity contribution in [1.82, 2.24) is 5.32 Å². The number of carbonyl (C=O) groups is 3. The number of ether oxygens (including phenoxy) is 1. The van der Waals surface area contributed by atoms with Gasteiger partial charge in [0.25, 0.3) is 0 Å². The summed E-state index contributed by atoms with van der Waals surface area (Å²) in [6, 6.07) is 5.05. The third-order valence-electron chi connectivity index (χ3n) is 3.24. The van der Waals surface area contributed by atoms with Crippen LogP contribution in [0.2, 0.25) is 0 Å². The van der Waals surface area contributed by atoms with E-state index in [1.54, 1.807) is 32.0 Å². The van der Waals surface area contributed by atoms with E-state index in [1.807, 2.05) is 0 Å². The number of carbonyl (C=O) groups excluding carboxylic acids is 3. The quantitative estimate of drug-likeness (QED) is 0.634. The SMILES string of the molecule is COc1ccc(NC(=O)CCCNC(C)=O)c(NC(=O)C(C)C)c1. The Kier molecular flexibility index (Phi) is 7.74. The van der Waals surface area contributed by atoms with Crippen molar-refractivity contribution in [3.05, 3.63) is 18.2 Å². The summed E-state index contributed by atoms with van der Waals surface area (Å²) in [4.78, 5) is 34.7. The fourth-order valence-electron chi connectivity index (χ4n) is 1.87. The van der Waals surface area contributed by atoms with Crippen LogP contribution in [0.3, 0.4) is 0 Å². The first-order valence-corrected chi connectivity index (χ1v) is 7.86. The molecule has 7 heteroatoms. The lowest BCUT2D eigenvalue weighted by molar-refractivity contribution is -0.120. The molecule has 3 amide bonds. The highest BCUT2D eigenvalue weighted by Crippen LogP contribution is 2.27. The number of anilines is 2. The molecule has 132 valence electrons. The van der Waals surface area contributed by atoms with Gasteiger partial charge in [0.2, 0.25) is 17.7 Å². The predicted octanol–water partition coefficient (Wildman–Crippen LogP) is 2.14. The zero-order chi connectivity index (χ0) is 18.1. The molecule has 0 radical (unpaired) electrons. The maximum absolute atomic E-state index is 12.0. The standard InChI is InChI=1S/C17H25N3O4/c1-11(2)17(23)20-15-10-13(24-4)7-8-14(15)19-16(22)6-5-9-18-12(3)21/h7-8,10-11H,5-6,9H2,1-4H3,(H,18,21)(H,19,22)(H,20,23). The van der Waals surface area contributed by atoms with Crippen LogP contribution in [-0.4, -0.2) is 31.4 Å². The molecular formula is C17H25N3O4. The molecule has 24 heavy (non-hydrogen) atoms. The Morgan fingerprint density at radius 3 is 2.42 bits per heavy atom. The van der Waals surface area contributed by atoms with Crippen molar-refractivity contribution in [3.8, 4) is 5.75 Å². The Morgan fingerprint density at radius 1 is 1.12 bits per heavy atom. The van der Waals surface area contributed by atoms with Gasteiger partial charge in [0.05, 0.1) is 18.5 Å². The van der Waals surface area contributed by atoms with E-state index in [0.29, 0.717) is 30.1 Å². The van der Waals surface area contributed by atoms with Gasteiger partial charge in [-0.05, 0) is 18.6 Å².